The first-order chi connectivity index (χ1) is 9.81. The average molecular weight is 271 g/mol. The molecule has 2 bridgehead atoms. The van der Waals surface area contributed by atoms with Gasteiger partial charge in [-0.15, -0.1) is 0 Å². The van der Waals surface area contributed by atoms with Gasteiger partial charge in [-0.2, -0.15) is 0 Å². The predicted molar refractivity (Wildman–Crippen MR) is 77.2 cm³/mol. The van der Waals surface area contributed by atoms with Crippen molar-refractivity contribution in [2.75, 3.05) is 19.6 Å². The van der Waals surface area contributed by atoms with Crippen LogP contribution in [0.2, 0.25) is 0 Å². The van der Waals surface area contributed by atoms with E-state index in [4.69, 9.17) is 0 Å². The largest absolute Gasteiger partial charge is 0.355 e. The zero-order chi connectivity index (χ0) is 13.5. The summed E-state index contributed by atoms with van der Waals surface area (Å²) < 4.78 is 0. The Morgan fingerprint density at radius 2 is 2.00 bits per heavy atom. The number of carbonyl (C=O) groups excluding carboxylic acids is 1. The van der Waals surface area contributed by atoms with Crippen LogP contribution in [0.1, 0.15) is 18.4 Å². The van der Waals surface area contributed by atoms with Gasteiger partial charge in [-0.1, -0.05) is 30.3 Å². The molecule has 0 radical (unpaired) electrons. The maximum Gasteiger partial charge on any atom is 0.237 e. The van der Waals surface area contributed by atoms with Crippen molar-refractivity contribution >= 4 is 5.91 Å². The summed E-state index contributed by atoms with van der Waals surface area (Å²) in [7, 11) is 0. The topological polar surface area (TPSA) is 35.6 Å². The van der Waals surface area contributed by atoms with Crippen LogP contribution in [0.25, 0.3) is 0 Å². The number of piperazine rings is 1. The van der Waals surface area contributed by atoms with Gasteiger partial charge in [0, 0.05) is 38.3 Å². The SMILES string of the molecule is O=C1NCC[C@@H]1N1C[C@@H]2C[C@H]1CN2Cc1ccccc1. The highest BCUT2D eigenvalue weighted by Crippen LogP contribution is 2.34. The van der Waals surface area contributed by atoms with Gasteiger partial charge in [0.05, 0.1) is 6.04 Å². The van der Waals surface area contributed by atoms with Crippen LogP contribution in [0, 0.1) is 0 Å². The number of nitrogens with zero attached hydrogens (tertiary/aromatic N) is 2. The lowest BCUT2D eigenvalue weighted by molar-refractivity contribution is -0.124. The summed E-state index contributed by atoms with van der Waals surface area (Å²) in [6.45, 7) is 4.08. The molecule has 3 heterocycles. The zero-order valence-electron chi connectivity index (χ0n) is 11.7. The third-order valence-corrected chi connectivity index (χ3v) is 5.04. The van der Waals surface area contributed by atoms with Gasteiger partial charge in [0.25, 0.3) is 0 Å². The Kier molecular flexibility index (Phi) is 3.00. The minimum Gasteiger partial charge on any atom is -0.355 e. The fourth-order valence-electron chi connectivity index (χ4n) is 4.07. The summed E-state index contributed by atoms with van der Waals surface area (Å²) in [5, 5.41) is 2.96. The normalized spacial score (nSPS) is 33.8. The van der Waals surface area contributed by atoms with Gasteiger partial charge in [-0.3, -0.25) is 14.6 Å². The lowest BCUT2D eigenvalue weighted by atomic mass is 10.1. The van der Waals surface area contributed by atoms with Crippen LogP contribution in [0.4, 0.5) is 0 Å². The van der Waals surface area contributed by atoms with Crippen LogP contribution >= 0.6 is 0 Å². The number of hydrogen-bond donors (Lipinski definition) is 1. The van der Waals surface area contributed by atoms with Crippen LogP contribution < -0.4 is 5.32 Å². The zero-order valence-corrected chi connectivity index (χ0v) is 11.7. The maximum absolute atomic E-state index is 11.8. The lowest BCUT2D eigenvalue weighted by Crippen LogP contribution is -2.52. The molecule has 0 aliphatic carbocycles. The van der Waals surface area contributed by atoms with E-state index in [1.807, 2.05) is 0 Å². The van der Waals surface area contributed by atoms with Gasteiger partial charge in [0.15, 0.2) is 0 Å². The van der Waals surface area contributed by atoms with E-state index in [1.54, 1.807) is 0 Å². The summed E-state index contributed by atoms with van der Waals surface area (Å²) in [5.41, 5.74) is 1.39. The Morgan fingerprint density at radius 3 is 2.65 bits per heavy atom. The summed E-state index contributed by atoms with van der Waals surface area (Å²) >= 11 is 0. The molecule has 20 heavy (non-hydrogen) atoms. The second-order valence-electron chi connectivity index (χ2n) is 6.25. The van der Waals surface area contributed by atoms with Crippen molar-refractivity contribution in [2.24, 2.45) is 0 Å². The smallest absolute Gasteiger partial charge is 0.237 e. The summed E-state index contributed by atoms with van der Waals surface area (Å²) in [5.74, 6) is 0.243. The molecule has 106 valence electrons. The molecule has 4 heteroatoms. The van der Waals surface area contributed by atoms with Gasteiger partial charge < -0.3 is 5.32 Å². The molecule has 1 aromatic carbocycles. The van der Waals surface area contributed by atoms with E-state index < -0.39 is 0 Å². The van der Waals surface area contributed by atoms with Crippen LogP contribution in [-0.2, 0) is 11.3 Å². The number of amides is 1. The third kappa shape index (κ3) is 2.03. The number of likely N-dealkylation sites (tertiary alicyclic amines) is 2. The molecular weight excluding hydrogens is 250 g/mol. The Morgan fingerprint density at radius 1 is 1.15 bits per heavy atom. The monoisotopic (exact) mass is 271 g/mol. The van der Waals surface area contributed by atoms with Crippen LogP contribution in [-0.4, -0.2) is 53.5 Å². The Balaban J connectivity index is 1.41. The van der Waals surface area contributed by atoms with Crippen LogP contribution in [0.3, 0.4) is 0 Å². The van der Waals surface area contributed by atoms with Crippen LogP contribution in [0.5, 0.6) is 0 Å². The van der Waals surface area contributed by atoms with E-state index in [2.05, 4.69) is 45.4 Å². The van der Waals surface area contributed by atoms with Crippen molar-refractivity contribution < 1.29 is 4.79 Å². The predicted octanol–water partition coefficient (Wildman–Crippen LogP) is 0.834. The molecule has 1 amide bonds. The number of fused-ring (bicyclic) bond motifs is 2. The van der Waals surface area contributed by atoms with Crippen molar-refractivity contribution in [3.63, 3.8) is 0 Å². The number of rotatable bonds is 3. The van der Waals surface area contributed by atoms with Gasteiger partial charge in [-0.05, 0) is 18.4 Å². The minimum absolute atomic E-state index is 0.142. The molecule has 3 atom stereocenters. The highest BCUT2D eigenvalue weighted by molar-refractivity contribution is 5.83. The first-order valence-electron chi connectivity index (χ1n) is 7.63. The van der Waals surface area contributed by atoms with E-state index in [-0.39, 0.29) is 11.9 Å². The molecule has 4 nitrogen and oxygen atoms in total. The number of hydrogen-bond acceptors (Lipinski definition) is 3. The number of benzene rings is 1. The molecule has 0 aromatic heterocycles. The summed E-state index contributed by atoms with van der Waals surface area (Å²) in [6.07, 6.45) is 2.22. The van der Waals surface area contributed by atoms with E-state index in [1.165, 1.54) is 12.0 Å². The molecule has 4 rings (SSSR count). The number of carbonyl (C=O) groups is 1. The van der Waals surface area contributed by atoms with E-state index >= 15 is 0 Å². The number of nitrogens with one attached hydrogen (secondary N) is 1. The quantitative estimate of drug-likeness (QED) is 0.884. The first-order valence-corrected chi connectivity index (χ1v) is 7.63. The van der Waals surface area contributed by atoms with Crippen LogP contribution in [0.15, 0.2) is 30.3 Å². The Bertz CT molecular complexity index is 504. The van der Waals surface area contributed by atoms with Gasteiger partial charge in [-0.25, -0.2) is 0 Å². The highest BCUT2D eigenvalue weighted by atomic mass is 16.2. The molecule has 0 saturated carbocycles. The molecule has 3 fully saturated rings. The molecule has 3 aliphatic rings. The van der Waals surface area contributed by atoms with E-state index in [0.29, 0.717) is 12.1 Å². The van der Waals surface area contributed by atoms with E-state index in [9.17, 15) is 4.79 Å². The second kappa shape index (κ2) is 4.86. The van der Waals surface area contributed by atoms with Gasteiger partial charge >= 0.3 is 0 Å². The van der Waals surface area contributed by atoms with Gasteiger partial charge in [0.2, 0.25) is 5.91 Å². The average Bonchev–Trinajstić information content (AvgIpc) is 3.14. The highest BCUT2D eigenvalue weighted by Gasteiger charge is 2.47. The maximum atomic E-state index is 11.8. The van der Waals surface area contributed by atoms with Crippen molar-refractivity contribution in [2.45, 2.75) is 37.5 Å². The van der Waals surface area contributed by atoms with Crippen molar-refractivity contribution in [1.82, 2.24) is 15.1 Å². The third-order valence-electron chi connectivity index (χ3n) is 5.04. The molecular formula is C16H21N3O. The van der Waals surface area contributed by atoms with E-state index in [0.717, 1.165) is 32.6 Å². The first kappa shape index (κ1) is 12.4. The Labute approximate surface area is 119 Å². The van der Waals surface area contributed by atoms with Crippen molar-refractivity contribution in [1.29, 1.82) is 0 Å². The molecule has 3 aliphatic heterocycles. The van der Waals surface area contributed by atoms with Crippen molar-refractivity contribution in [3.8, 4) is 0 Å². The molecule has 0 unspecified atom stereocenters. The molecule has 1 aromatic rings. The standard InChI is InChI=1S/C16H21N3O/c20-16-15(6-7-17-16)19-11-13-8-14(19)10-18(13)9-12-4-2-1-3-5-12/h1-5,13-15H,6-11H2,(H,17,20)/t13-,14-,15-/m0/s1. The lowest BCUT2D eigenvalue weighted by Gasteiger charge is -2.36. The molecule has 0 spiro atoms. The summed E-state index contributed by atoms with van der Waals surface area (Å²) in [4.78, 5) is 16.9. The second-order valence-corrected chi connectivity index (χ2v) is 6.25. The fraction of sp³-hybridized carbons (Fsp3) is 0.562. The summed E-state index contributed by atoms with van der Waals surface area (Å²) in [6, 6.07) is 12.1. The minimum atomic E-state index is 0.142. The Hall–Kier alpha value is -1.39. The fourth-order valence-corrected chi connectivity index (χ4v) is 4.07. The molecule has 1 N–H and O–H groups in total. The molecule has 3 saturated heterocycles. The van der Waals surface area contributed by atoms with Gasteiger partial charge in [0.1, 0.15) is 0 Å². The van der Waals surface area contributed by atoms with Crippen molar-refractivity contribution in [3.05, 3.63) is 35.9 Å².